The Kier molecular flexibility index (Phi) is 5.97. The lowest BCUT2D eigenvalue weighted by atomic mass is 10.1. The molecule has 0 aliphatic carbocycles. The Bertz CT molecular complexity index is 780. The van der Waals surface area contributed by atoms with Gasteiger partial charge < -0.3 is 9.47 Å². The molecule has 24 heavy (non-hydrogen) atoms. The summed E-state index contributed by atoms with van der Waals surface area (Å²) in [5, 5.41) is 0. The van der Waals surface area contributed by atoms with Crippen LogP contribution in [0.3, 0.4) is 0 Å². The standard InChI is InChI=1S/C16H10BrF3O4/c17-9-1-4-15(13(20)5-9)23-8-16(22)24-7-14(21)11-6-10(18)2-3-12(11)19/h1-6H,7-8H2. The molecule has 2 rings (SSSR count). The second-order valence-corrected chi connectivity index (χ2v) is 5.49. The number of Topliss-reactive ketones (excluding diaryl/α,β-unsaturated/α-hetero) is 1. The Morgan fingerprint density at radius 1 is 0.958 bits per heavy atom. The highest BCUT2D eigenvalue weighted by atomic mass is 79.9. The lowest BCUT2D eigenvalue weighted by Gasteiger charge is -2.08. The van der Waals surface area contributed by atoms with E-state index in [1.807, 2.05) is 0 Å². The van der Waals surface area contributed by atoms with Crippen LogP contribution in [-0.4, -0.2) is 25.0 Å². The molecule has 0 amide bonds. The maximum atomic E-state index is 13.5. The van der Waals surface area contributed by atoms with Gasteiger partial charge in [0.2, 0.25) is 5.78 Å². The van der Waals surface area contributed by atoms with Crippen LogP contribution in [0.15, 0.2) is 40.9 Å². The van der Waals surface area contributed by atoms with Crippen LogP contribution in [0.5, 0.6) is 5.75 Å². The number of benzene rings is 2. The molecule has 0 spiro atoms. The van der Waals surface area contributed by atoms with Crippen molar-refractivity contribution >= 4 is 27.7 Å². The molecule has 2 aromatic carbocycles. The molecule has 0 aliphatic rings. The zero-order valence-corrected chi connectivity index (χ0v) is 13.6. The van der Waals surface area contributed by atoms with Crippen molar-refractivity contribution in [3.05, 3.63) is 63.9 Å². The number of carbonyl (C=O) groups is 2. The van der Waals surface area contributed by atoms with Gasteiger partial charge >= 0.3 is 5.97 Å². The molecule has 4 nitrogen and oxygen atoms in total. The molecule has 0 fully saturated rings. The third-order valence-electron chi connectivity index (χ3n) is 2.83. The van der Waals surface area contributed by atoms with Gasteiger partial charge in [0.15, 0.2) is 24.8 Å². The van der Waals surface area contributed by atoms with Crippen LogP contribution in [0.4, 0.5) is 13.2 Å². The molecular formula is C16H10BrF3O4. The summed E-state index contributed by atoms with van der Waals surface area (Å²) in [6.07, 6.45) is 0. The van der Waals surface area contributed by atoms with Gasteiger partial charge in [-0.05, 0) is 36.4 Å². The second-order valence-electron chi connectivity index (χ2n) is 4.57. The van der Waals surface area contributed by atoms with Crippen LogP contribution in [0.1, 0.15) is 10.4 Å². The van der Waals surface area contributed by atoms with Crippen molar-refractivity contribution in [2.75, 3.05) is 13.2 Å². The number of esters is 1. The van der Waals surface area contributed by atoms with E-state index >= 15 is 0 Å². The predicted molar refractivity (Wildman–Crippen MR) is 81.2 cm³/mol. The molecular weight excluding hydrogens is 393 g/mol. The summed E-state index contributed by atoms with van der Waals surface area (Å²) < 4.78 is 49.9. The van der Waals surface area contributed by atoms with Gasteiger partial charge in [0.1, 0.15) is 11.6 Å². The molecule has 0 bridgehead atoms. The lowest BCUT2D eigenvalue weighted by Crippen LogP contribution is -2.20. The minimum absolute atomic E-state index is 0.169. The Morgan fingerprint density at radius 2 is 1.71 bits per heavy atom. The van der Waals surface area contributed by atoms with Crippen LogP contribution in [-0.2, 0) is 9.53 Å². The first-order valence-corrected chi connectivity index (χ1v) is 7.38. The van der Waals surface area contributed by atoms with E-state index in [1.165, 1.54) is 12.1 Å². The summed E-state index contributed by atoms with van der Waals surface area (Å²) in [6, 6.07) is 6.33. The first kappa shape index (κ1) is 18.0. The van der Waals surface area contributed by atoms with Crippen LogP contribution >= 0.6 is 15.9 Å². The zero-order valence-electron chi connectivity index (χ0n) is 12.0. The third-order valence-corrected chi connectivity index (χ3v) is 3.33. The van der Waals surface area contributed by atoms with E-state index in [-0.39, 0.29) is 5.75 Å². The average Bonchev–Trinajstić information content (AvgIpc) is 2.54. The van der Waals surface area contributed by atoms with Gasteiger partial charge in [-0.2, -0.15) is 0 Å². The fraction of sp³-hybridized carbons (Fsp3) is 0.125. The number of carbonyl (C=O) groups excluding carboxylic acids is 2. The van der Waals surface area contributed by atoms with Crippen molar-refractivity contribution < 1.29 is 32.2 Å². The van der Waals surface area contributed by atoms with Gasteiger partial charge in [-0.15, -0.1) is 0 Å². The minimum atomic E-state index is -0.956. The fourth-order valence-corrected chi connectivity index (χ4v) is 2.04. The van der Waals surface area contributed by atoms with Crippen LogP contribution in [0, 0.1) is 17.5 Å². The fourth-order valence-electron chi connectivity index (χ4n) is 1.71. The summed E-state index contributed by atoms with van der Waals surface area (Å²) in [4.78, 5) is 23.2. The summed E-state index contributed by atoms with van der Waals surface area (Å²) in [6.45, 7) is -1.43. The first-order valence-electron chi connectivity index (χ1n) is 6.58. The SMILES string of the molecule is O=C(COc1ccc(Br)cc1F)OCC(=O)c1cc(F)ccc1F. The molecule has 2 aromatic rings. The normalized spacial score (nSPS) is 10.3. The third kappa shape index (κ3) is 4.82. The first-order chi connectivity index (χ1) is 11.4. The van der Waals surface area contributed by atoms with E-state index in [1.54, 1.807) is 0 Å². The Morgan fingerprint density at radius 3 is 2.42 bits per heavy atom. The van der Waals surface area contributed by atoms with Crippen LogP contribution in [0.2, 0.25) is 0 Å². The molecule has 0 aromatic heterocycles. The van der Waals surface area contributed by atoms with E-state index in [4.69, 9.17) is 4.74 Å². The number of hydrogen-bond donors (Lipinski definition) is 0. The highest BCUT2D eigenvalue weighted by Crippen LogP contribution is 2.21. The molecule has 0 saturated carbocycles. The molecule has 0 unspecified atom stereocenters. The number of ketones is 1. The van der Waals surface area contributed by atoms with Crippen molar-refractivity contribution in [3.63, 3.8) is 0 Å². The maximum absolute atomic E-state index is 13.5. The van der Waals surface area contributed by atoms with E-state index in [2.05, 4.69) is 20.7 Å². The van der Waals surface area contributed by atoms with Crippen molar-refractivity contribution in [2.24, 2.45) is 0 Å². The molecule has 8 heteroatoms. The quantitative estimate of drug-likeness (QED) is 0.546. The van der Waals surface area contributed by atoms with Crippen LogP contribution in [0.25, 0.3) is 0 Å². The van der Waals surface area contributed by atoms with Gasteiger partial charge in [0, 0.05) is 4.47 Å². The molecule has 0 N–H and O–H groups in total. The van der Waals surface area contributed by atoms with Crippen molar-refractivity contribution in [2.45, 2.75) is 0 Å². The topological polar surface area (TPSA) is 52.6 Å². The zero-order chi connectivity index (χ0) is 17.7. The minimum Gasteiger partial charge on any atom is -0.479 e. The Labute approximate surface area is 143 Å². The monoisotopic (exact) mass is 402 g/mol. The van der Waals surface area contributed by atoms with Gasteiger partial charge in [0.05, 0.1) is 5.56 Å². The predicted octanol–water partition coefficient (Wildman–Crippen LogP) is 3.67. The molecule has 0 radical (unpaired) electrons. The molecule has 0 aliphatic heterocycles. The van der Waals surface area contributed by atoms with Gasteiger partial charge in [-0.3, -0.25) is 4.79 Å². The van der Waals surface area contributed by atoms with E-state index in [0.717, 1.165) is 18.2 Å². The van der Waals surface area contributed by atoms with Gasteiger partial charge in [-0.1, -0.05) is 15.9 Å². The highest BCUT2D eigenvalue weighted by Gasteiger charge is 2.16. The average molecular weight is 403 g/mol. The molecule has 0 heterocycles. The summed E-state index contributed by atoms with van der Waals surface area (Å²) >= 11 is 3.07. The summed E-state index contributed by atoms with van der Waals surface area (Å²) in [7, 11) is 0. The number of halogens is 4. The van der Waals surface area contributed by atoms with Gasteiger partial charge in [-0.25, -0.2) is 18.0 Å². The maximum Gasteiger partial charge on any atom is 0.344 e. The van der Waals surface area contributed by atoms with E-state index in [0.29, 0.717) is 10.5 Å². The summed E-state index contributed by atoms with van der Waals surface area (Å²) in [5.74, 6) is -4.43. The van der Waals surface area contributed by atoms with Crippen molar-refractivity contribution in [1.82, 2.24) is 0 Å². The Hall–Kier alpha value is -2.35. The van der Waals surface area contributed by atoms with Crippen molar-refractivity contribution in [3.8, 4) is 5.75 Å². The highest BCUT2D eigenvalue weighted by molar-refractivity contribution is 9.10. The van der Waals surface area contributed by atoms with E-state index < -0.39 is 48.0 Å². The number of rotatable bonds is 6. The molecule has 0 saturated heterocycles. The molecule has 0 atom stereocenters. The largest absolute Gasteiger partial charge is 0.479 e. The summed E-state index contributed by atoms with van der Waals surface area (Å²) in [5.41, 5.74) is -0.525. The number of hydrogen-bond acceptors (Lipinski definition) is 4. The second kappa shape index (κ2) is 7.96. The van der Waals surface area contributed by atoms with E-state index in [9.17, 15) is 22.8 Å². The van der Waals surface area contributed by atoms with Crippen LogP contribution < -0.4 is 4.74 Å². The Balaban J connectivity index is 1.86. The van der Waals surface area contributed by atoms with Crippen molar-refractivity contribution in [1.29, 1.82) is 0 Å². The smallest absolute Gasteiger partial charge is 0.344 e. The lowest BCUT2D eigenvalue weighted by molar-refractivity contribution is -0.144. The molecule has 126 valence electrons. The van der Waals surface area contributed by atoms with Gasteiger partial charge in [0.25, 0.3) is 0 Å². The number of ether oxygens (including phenoxy) is 2.